The van der Waals surface area contributed by atoms with Gasteiger partial charge in [-0.2, -0.15) is 15.0 Å². The Bertz CT molecular complexity index is 1430. The molecule has 0 N–H and O–H groups in total. The van der Waals surface area contributed by atoms with Gasteiger partial charge in [0.2, 0.25) is 11.2 Å². The van der Waals surface area contributed by atoms with Gasteiger partial charge in [-0.15, -0.1) is 0 Å². The fraction of sp³-hybridized carbons (Fsp3) is 0.559. The molecule has 2 aromatic carbocycles. The van der Waals surface area contributed by atoms with Gasteiger partial charge in [0.25, 0.3) is 8.32 Å². The molecule has 1 aromatic heterocycles. The molecule has 0 aliphatic carbocycles. The number of aromatic nitrogens is 3. The molecule has 2 unspecified atom stereocenters. The highest BCUT2D eigenvalue weighted by molar-refractivity contribution is 6.99. The van der Waals surface area contributed by atoms with Crippen molar-refractivity contribution in [2.75, 3.05) is 44.3 Å². The predicted molar refractivity (Wildman–Crippen MR) is 178 cm³/mol. The van der Waals surface area contributed by atoms with Gasteiger partial charge < -0.3 is 18.8 Å². The second-order valence-corrected chi connectivity index (χ2v) is 18.7. The van der Waals surface area contributed by atoms with Crippen molar-refractivity contribution >= 4 is 36.2 Å². The van der Waals surface area contributed by atoms with Crippen molar-refractivity contribution < 1.29 is 18.3 Å². The number of rotatable bonds is 8. The lowest BCUT2D eigenvalue weighted by Crippen LogP contribution is -2.70. The summed E-state index contributed by atoms with van der Waals surface area (Å²) in [6.45, 7) is 14.2. The quantitative estimate of drug-likeness (QED) is 0.313. The highest BCUT2D eigenvalue weighted by atomic mass is 35.5. The van der Waals surface area contributed by atoms with E-state index in [4.69, 9.17) is 30.5 Å². The first-order valence-corrected chi connectivity index (χ1v) is 18.3. The molecule has 3 aliphatic heterocycles. The minimum Gasteiger partial charge on any atom is -0.458 e. The van der Waals surface area contributed by atoms with E-state index in [1.807, 2.05) is 19.1 Å². The van der Waals surface area contributed by atoms with E-state index in [0.717, 1.165) is 19.4 Å². The average Bonchev–Trinajstić information content (AvgIpc) is 3.47. The Morgan fingerprint density at radius 3 is 2.33 bits per heavy atom. The molecule has 0 radical (unpaired) electrons. The minimum atomic E-state index is -2.89. The molecule has 242 valence electrons. The van der Waals surface area contributed by atoms with Crippen molar-refractivity contribution in [3.05, 3.63) is 65.9 Å². The Hall–Kier alpha value is -2.63. The summed E-state index contributed by atoms with van der Waals surface area (Å²) in [5.74, 6) is 0.413. The summed E-state index contributed by atoms with van der Waals surface area (Å²) < 4.78 is 34.6. The van der Waals surface area contributed by atoms with Crippen LogP contribution in [0.3, 0.4) is 0 Å². The van der Waals surface area contributed by atoms with Crippen LogP contribution in [0.1, 0.15) is 53.9 Å². The first kappa shape index (κ1) is 32.3. The molecule has 0 amide bonds. The number of hydrogen-bond donors (Lipinski definition) is 0. The van der Waals surface area contributed by atoms with Gasteiger partial charge in [0.1, 0.15) is 12.3 Å². The maximum Gasteiger partial charge on any atom is 0.322 e. The lowest BCUT2D eigenvalue weighted by molar-refractivity contribution is -0.000411. The summed E-state index contributed by atoms with van der Waals surface area (Å²) in [4.78, 5) is 17.9. The number of alkyl halides is 1. The number of benzene rings is 2. The van der Waals surface area contributed by atoms with Crippen LogP contribution in [0, 0.1) is 0 Å². The fourth-order valence-corrected chi connectivity index (χ4v) is 12.7. The third-order valence-corrected chi connectivity index (χ3v) is 15.2. The Labute approximate surface area is 272 Å². The summed E-state index contributed by atoms with van der Waals surface area (Å²) in [7, 11) is -2.89. The van der Waals surface area contributed by atoms with E-state index >= 15 is 0 Å². The molecule has 4 atom stereocenters. The zero-order chi connectivity index (χ0) is 31.9. The molecule has 0 bridgehead atoms. The Kier molecular flexibility index (Phi) is 8.99. The van der Waals surface area contributed by atoms with Crippen LogP contribution in [0.15, 0.2) is 60.7 Å². The van der Waals surface area contributed by atoms with Gasteiger partial charge in [0, 0.05) is 19.5 Å². The van der Waals surface area contributed by atoms with Crippen LogP contribution < -0.4 is 20.0 Å². The Morgan fingerprint density at radius 2 is 1.69 bits per heavy atom. The minimum absolute atomic E-state index is 0.0533. The van der Waals surface area contributed by atoms with E-state index in [-0.39, 0.29) is 28.0 Å². The number of hydrogen-bond acceptors (Lipinski definition) is 8. The number of nitrogens with zero attached hydrogens (tertiary/aromatic N) is 5. The SMILES string of the molecule is CC(Oc1nc(Cl)nc(N2CCOCC(C)(O[Si](c3ccccc3)(c3ccccc3)C(C)(C)C)C2)n1)[C@@]12CCCN1C[C@H](F)C2. The van der Waals surface area contributed by atoms with Crippen molar-refractivity contribution in [1.82, 2.24) is 19.9 Å². The van der Waals surface area contributed by atoms with Crippen LogP contribution in [-0.4, -0.2) is 91.0 Å². The number of anilines is 1. The topological polar surface area (TPSA) is 72.8 Å². The lowest BCUT2D eigenvalue weighted by atomic mass is 9.88. The number of halogens is 2. The van der Waals surface area contributed by atoms with Crippen LogP contribution in [0.2, 0.25) is 10.3 Å². The monoisotopic (exact) mass is 653 g/mol. The summed E-state index contributed by atoms with van der Waals surface area (Å²) in [6, 6.07) is 21.4. The second-order valence-electron chi connectivity index (χ2n) is 14.1. The molecule has 3 fully saturated rings. The second kappa shape index (κ2) is 12.5. The van der Waals surface area contributed by atoms with E-state index in [1.165, 1.54) is 10.4 Å². The van der Waals surface area contributed by atoms with E-state index in [9.17, 15) is 4.39 Å². The summed E-state index contributed by atoms with van der Waals surface area (Å²) in [5, 5.41) is 2.26. The van der Waals surface area contributed by atoms with Crippen LogP contribution in [0.4, 0.5) is 10.3 Å². The molecule has 0 saturated carbocycles. The molecule has 45 heavy (non-hydrogen) atoms. The first-order chi connectivity index (χ1) is 21.4. The van der Waals surface area contributed by atoms with Crippen LogP contribution in [-0.2, 0) is 9.16 Å². The maximum atomic E-state index is 14.5. The largest absolute Gasteiger partial charge is 0.458 e. The number of ether oxygens (including phenoxy) is 2. The van der Waals surface area contributed by atoms with Crippen LogP contribution in [0.5, 0.6) is 6.01 Å². The Balaban J connectivity index is 1.31. The lowest BCUT2D eigenvalue weighted by Gasteiger charge is -2.48. The zero-order valence-electron chi connectivity index (χ0n) is 27.0. The fourth-order valence-electron chi connectivity index (χ4n) is 7.80. The predicted octanol–water partition coefficient (Wildman–Crippen LogP) is 5.04. The molecule has 4 heterocycles. The van der Waals surface area contributed by atoms with Gasteiger partial charge in [0.05, 0.1) is 30.9 Å². The molecular formula is C34H45ClFN5O3Si. The molecular weight excluding hydrogens is 609 g/mol. The van der Waals surface area contributed by atoms with Gasteiger partial charge in [-0.3, -0.25) is 4.90 Å². The highest BCUT2D eigenvalue weighted by Gasteiger charge is 2.55. The van der Waals surface area contributed by atoms with Gasteiger partial charge in [-0.1, -0.05) is 81.4 Å². The van der Waals surface area contributed by atoms with Crippen molar-refractivity contribution in [2.45, 2.75) is 82.3 Å². The average molecular weight is 654 g/mol. The molecule has 3 saturated heterocycles. The van der Waals surface area contributed by atoms with Crippen LogP contribution in [0.25, 0.3) is 0 Å². The third kappa shape index (κ3) is 6.24. The van der Waals surface area contributed by atoms with Crippen molar-refractivity contribution in [3.63, 3.8) is 0 Å². The third-order valence-electron chi connectivity index (χ3n) is 9.81. The standard InChI is InChI=1S/C34H45ClFN5O3Si/c1-25(34-17-12-18-41(34)22-26(36)21-34)43-31-38-29(35)37-30(39-31)40-19-20-42-24-33(5,23-40)44-45(32(2,3)4,27-13-8-6-9-14-27)28-15-10-7-11-16-28/h6-11,13-16,25-26H,12,17-24H2,1-5H3/t25?,26-,33?,34+/m1/s1. The van der Waals surface area contributed by atoms with Gasteiger partial charge in [-0.05, 0) is 60.2 Å². The van der Waals surface area contributed by atoms with Gasteiger partial charge in [-0.25, -0.2) is 4.39 Å². The number of fused-ring (bicyclic) bond motifs is 1. The molecule has 6 rings (SSSR count). The summed E-state index contributed by atoms with van der Waals surface area (Å²) in [5.41, 5.74) is -1.06. The van der Waals surface area contributed by atoms with Gasteiger partial charge >= 0.3 is 6.01 Å². The summed E-state index contributed by atoms with van der Waals surface area (Å²) >= 11 is 6.49. The highest BCUT2D eigenvalue weighted by Crippen LogP contribution is 2.44. The smallest absolute Gasteiger partial charge is 0.322 e. The molecule has 0 spiro atoms. The maximum absolute atomic E-state index is 14.5. The van der Waals surface area contributed by atoms with Crippen LogP contribution >= 0.6 is 11.6 Å². The Morgan fingerprint density at radius 1 is 1.02 bits per heavy atom. The molecule has 11 heteroatoms. The van der Waals surface area contributed by atoms with Crippen molar-refractivity contribution in [3.8, 4) is 6.01 Å². The zero-order valence-corrected chi connectivity index (χ0v) is 28.8. The van der Waals surface area contributed by atoms with E-state index < -0.39 is 20.1 Å². The first-order valence-electron chi connectivity index (χ1n) is 16.1. The normalized spacial score (nSPS) is 26.8. The van der Waals surface area contributed by atoms with E-state index in [2.05, 4.69) is 96.0 Å². The van der Waals surface area contributed by atoms with Gasteiger partial charge in [0.15, 0.2) is 0 Å². The molecule has 3 aliphatic rings. The van der Waals surface area contributed by atoms with E-state index in [1.54, 1.807) is 0 Å². The summed E-state index contributed by atoms with van der Waals surface area (Å²) in [6.07, 6.45) is 1.23. The van der Waals surface area contributed by atoms with Crippen molar-refractivity contribution in [2.24, 2.45) is 0 Å². The van der Waals surface area contributed by atoms with E-state index in [0.29, 0.717) is 45.2 Å². The molecule has 3 aromatic rings. The van der Waals surface area contributed by atoms with Crippen molar-refractivity contribution in [1.29, 1.82) is 0 Å². The molecule has 8 nitrogen and oxygen atoms in total.